The van der Waals surface area contributed by atoms with Gasteiger partial charge >= 0.3 is 0 Å². The molecule has 14 nitrogen and oxygen atoms in total. The molecule has 2 fully saturated rings. The maximum Gasteiger partial charge on any atom is 0.264 e. The van der Waals surface area contributed by atoms with Gasteiger partial charge in [0.2, 0.25) is 5.91 Å². The van der Waals surface area contributed by atoms with E-state index in [-0.39, 0.29) is 48.1 Å². The van der Waals surface area contributed by atoms with E-state index in [1.54, 1.807) is 46.8 Å². The number of likely N-dealkylation sites (tertiary alicyclic amines) is 1. The summed E-state index contributed by atoms with van der Waals surface area (Å²) in [5.41, 5.74) is 10.6. The van der Waals surface area contributed by atoms with Crippen LogP contribution in [0.3, 0.4) is 0 Å². The number of fused-ring (bicyclic) bond motifs is 2. The molecule has 3 atom stereocenters. The Morgan fingerprint density at radius 1 is 0.773 bits per heavy atom. The van der Waals surface area contributed by atoms with Crippen LogP contribution in [0.2, 0.25) is 0 Å². The average Bonchev–Trinajstić information content (AvgIpc) is 3.88. The predicted octanol–water partition coefficient (Wildman–Crippen LogP) is 8.87. The summed E-state index contributed by atoms with van der Waals surface area (Å²) in [5.74, 6) is 0.463. The highest BCUT2D eigenvalue weighted by Crippen LogP contribution is 2.39. The molecule has 6 heterocycles. The number of nitriles is 1. The number of aromatic hydroxyl groups is 1. The highest BCUT2D eigenvalue weighted by atomic mass is 16.5. The van der Waals surface area contributed by atoms with Crippen molar-refractivity contribution in [1.29, 1.82) is 5.26 Å². The number of hydrogen-bond donors (Lipinski definition) is 1. The number of hydrogen-bond acceptors (Lipinski definition) is 9. The number of rotatable bonds is 13. The molecule has 10 rings (SSSR count). The normalized spacial score (nSPS) is 19.0. The molecule has 0 unspecified atom stereocenters. The van der Waals surface area contributed by atoms with Gasteiger partial charge in [-0.3, -0.25) is 24.2 Å². The molecule has 6 aromatic rings. The van der Waals surface area contributed by atoms with E-state index in [0.717, 1.165) is 103 Å². The summed E-state index contributed by atoms with van der Waals surface area (Å²) >= 11 is 0. The third kappa shape index (κ3) is 10.9. The van der Waals surface area contributed by atoms with E-state index in [4.69, 9.17) is 9.47 Å². The van der Waals surface area contributed by atoms with Crippen molar-refractivity contribution in [3.63, 3.8) is 0 Å². The van der Waals surface area contributed by atoms with Gasteiger partial charge in [0.25, 0.3) is 11.8 Å². The summed E-state index contributed by atoms with van der Waals surface area (Å²) in [5, 5.41) is 20.3. The molecule has 0 spiro atoms. The lowest BCUT2D eigenvalue weighted by Gasteiger charge is -2.41. The van der Waals surface area contributed by atoms with Crippen molar-refractivity contribution in [2.75, 3.05) is 57.3 Å². The fraction of sp³-hybridized carbons (Fsp3) is 0.410. The quantitative estimate of drug-likeness (QED) is 0.120. The maximum absolute atomic E-state index is 15.8. The highest BCUT2D eigenvalue weighted by molar-refractivity contribution is 6.13. The number of anilines is 2. The molecule has 1 N–H and O–H groups in total. The molecule has 0 saturated carbocycles. The van der Waals surface area contributed by atoms with Crippen molar-refractivity contribution in [1.82, 2.24) is 28.7 Å². The van der Waals surface area contributed by atoms with Crippen LogP contribution in [-0.2, 0) is 56.0 Å². The molecule has 0 bridgehead atoms. The van der Waals surface area contributed by atoms with Gasteiger partial charge < -0.3 is 38.4 Å². The molecule has 2 saturated heterocycles. The number of phenols is 1. The summed E-state index contributed by atoms with van der Waals surface area (Å²) in [4.78, 5) is 55.7. The van der Waals surface area contributed by atoms with Gasteiger partial charge in [0.1, 0.15) is 29.9 Å². The van der Waals surface area contributed by atoms with Crippen LogP contribution in [0.15, 0.2) is 97.1 Å². The van der Waals surface area contributed by atoms with Crippen LogP contribution in [-0.4, -0.2) is 122 Å². The van der Waals surface area contributed by atoms with Crippen molar-refractivity contribution in [2.45, 2.75) is 97.6 Å². The topological polar surface area (TPSA) is 140 Å². The zero-order valence-electron chi connectivity index (χ0n) is 44.3. The molecule has 0 aliphatic carbocycles. The molecule has 390 valence electrons. The van der Waals surface area contributed by atoms with Gasteiger partial charge in [-0.15, -0.1) is 0 Å². The molecular weight excluding hydrogens is 941 g/mol. The number of phenolic OH excluding ortho intramolecular Hbond substituents is 1. The Balaban J connectivity index is 0.970. The van der Waals surface area contributed by atoms with Crippen molar-refractivity contribution < 1.29 is 29.0 Å². The van der Waals surface area contributed by atoms with Gasteiger partial charge in [-0.2, -0.15) is 5.26 Å². The number of carbonyl (C=O) groups is 3. The van der Waals surface area contributed by atoms with Crippen molar-refractivity contribution in [3.8, 4) is 28.8 Å². The minimum atomic E-state index is -0.317. The van der Waals surface area contributed by atoms with Crippen molar-refractivity contribution in [2.24, 2.45) is 14.1 Å². The van der Waals surface area contributed by atoms with Crippen LogP contribution in [0.4, 0.5) is 11.4 Å². The number of ether oxygens (including phenoxy) is 2. The van der Waals surface area contributed by atoms with Crippen LogP contribution >= 0.6 is 0 Å². The van der Waals surface area contributed by atoms with E-state index >= 15 is 9.59 Å². The third-order valence-corrected chi connectivity index (χ3v) is 16.1. The van der Waals surface area contributed by atoms with Gasteiger partial charge in [-0.05, 0) is 155 Å². The Morgan fingerprint density at radius 3 is 2.20 bits per heavy atom. The van der Waals surface area contributed by atoms with Gasteiger partial charge in [-0.25, -0.2) is 0 Å². The Labute approximate surface area is 441 Å². The summed E-state index contributed by atoms with van der Waals surface area (Å²) < 4.78 is 15.8. The SMILES string of the molecule is Cc1c(N(C(=O)c2cc(-c3cc4c(cc3C(=O)N3Cc5ccccc5C[C@H]3CN3CCCCC3)CN(C(=O)Cc3ccc(OCCN5C[C@@H](C)O[C@@H](C)C5)cc3)CC4)n(C)c2C)c2ccc(O)cc2)cc(C#N)n1C. The highest BCUT2D eigenvalue weighted by Gasteiger charge is 2.36. The largest absolute Gasteiger partial charge is 0.508 e. The third-order valence-electron chi connectivity index (χ3n) is 16.1. The molecule has 4 aliphatic heterocycles. The number of piperidine rings is 1. The zero-order valence-corrected chi connectivity index (χ0v) is 44.3. The number of benzene rings is 4. The summed E-state index contributed by atoms with van der Waals surface area (Å²) in [6.45, 7) is 15.4. The number of nitrogens with zero attached hydrogens (tertiary/aromatic N) is 8. The second kappa shape index (κ2) is 22.0. The van der Waals surface area contributed by atoms with Crippen LogP contribution < -0.4 is 9.64 Å². The molecule has 2 aromatic heterocycles. The van der Waals surface area contributed by atoms with Crippen LogP contribution in [0.25, 0.3) is 11.3 Å². The Bertz CT molecular complexity index is 3120. The number of amides is 3. The van der Waals surface area contributed by atoms with E-state index in [0.29, 0.717) is 66.6 Å². The van der Waals surface area contributed by atoms with Crippen LogP contribution in [0.5, 0.6) is 11.5 Å². The first-order valence-corrected chi connectivity index (χ1v) is 26.7. The standard InChI is InChI=1S/C61H70N8O6/c1-40-35-66(36-41(2)75-40)26-27-74-53-20-14-44(15-21-53)28-59(71)67-25-22-46-30-55(56(31-48(46)37-67)60(72)68-38-47-13-9-8-12-45(47)29-51(68)39-65-23-10-7-11-24-65)58-33-54(42(3)64(58)6)61(73)69(49-16-18-52(70)19-17-49)57-32-50(34-62)63(5)43(57)4/h8-9,12-21,30-33,40-41,51,70H,7,10-11,22-29,35-39H2,1-6H3/t40-,41+,51-/m0/s1. The van der Waals surface area contributed by atoms with Gasteiger partial charge in [0.15, 0.2) is 0 Å². The molecule has 4 aliphatic rings. The molecule has 3 amide bonds. The molecule has 75 heavy (non-hydrogen) atoms. The fourth-order valence-corrected chi connectivity index (χ4v) is 11.8. The Kier molecular flexibility index (Phi) is 15.0. The first-order chi connectivity index (χ1) is 36.2. The van der Waals surface area contributed by atoms with Gasteiger partial charge in [-0.1, -0.05) is 42.8 Å². The van der Waals surface area contributed by atoms with E-state index < -0.39 is 0 Å². The summed E-state index contributed by atoms with van der Waals surface area (Å²) in [6, 6.07) is 32.7. The minimum Gasteiger partial charge on any atom is -0.508 e. The van der Waals surface area contributed by atoms with E-state index in [1.165, 1.54) is 12.0 Å². The first-order valence-electron chi connectivity index (χ1n) is 26.7. The predicted molar refractivity (Wildman–Crippen MR) is 290 cm³/mol. The Hall–Kier alpha value is -7.18. The maximum atomic E-state index is 15.8. The molecule has 0 radical (unpaired) electrons. The molecular formula is C61H70N8O6. The monoisotopic (exact) mass is 1010 g/mol. The second-order valence-electron chi connectivity index (χ2n) is 21.3. The Morgan fingerprint density at radius 2 is 1.49 bits per heavy atom. The number of aromatic nitrogens is 2. The van der Waals surface area contributed by atoms with Crippen LogP contribution in [0.1, 0.15) is 98.7 Å². The lowest BCUT2D eigenvalue weighted by atomic mass is 9.89. The number of carbonyl (C=O) groups excluding carboxylic acids is 3. The van der Waals surface area contributed by atoms with E-state index in [9.17, 15) is 15.2 Å². The summed E-state index contributed by atoms with van der Waals surface area (Å²) in [6.07, 6.45) is 5.53. The van der Waals surface area contributed by atoms with Crippen LogP contribution in [0, 0.1) is 25.2 Å². The first kappa shape index (κ1) is 51.3. The fourth-order valence-electron chi connectivity index (χ4n) is 11.8. The lowest BCUT2D eigenvalue weighted by molar-refractivity contribution is -0.131. The average molecular weight is 1010 g/mol. The van der Waals surface area contributed by atoms with E-state index in [2.05, 4.69) is 58.9 Å². The molecule has 4 aromatic carbocycles. The zero-order chi connectivity index (χ0) is 52.5. The molecule has 14 heteroatoms. The van der Waals surface area contributed by atoms with Gasteiger partial charge in [0.05, 0.1) is 29.9 Å². The lowest BCUT2D eigenvalue weighted by Crippen LogP contribution is -2.51. The van der Waals surface area contributed by atoms with Gasteiger partial charge in [0, 0.05) is 99.8 Å². The minimum absolute atomic E-state index is 0.0194. The van der Waals surface area contributed by atoms with E-state index in [1.807, 2.05) is 72.8 Å². The smallest absolute Gasteiger partial charge is 0.264 e. The number of morpholine rings is 1. The van der Waals surface area contributed by atoms with Crippen molar-refractivity contribution in [3.05, 3.63) is 153 Å². The second-order valence-corrected chi connectivity index (χ2v) is 21.3. The van der Waals surface area contributed by atoms with Crippen molar-refractivity contribution >= 4 is 29.1 Å². The summed E-state index contributed by atoms with van der Waals surface area (Å²) in [7, 11) is 3.73.